The molecule has 0 bridgehead atoms. The van der Waals surface area contributed by atoms with Crippen LogP contribution in [0.1, 0.15) is 27.0 Å². The van der Waals surface area contributed by atoms with E-state index in [0.717, 1.165) is 33.2 Å². The fraction of sp³-hybridized carbons (Fsp3) is 0.150. The number of rotatable bonds is 3. The maximum atomic E-state index is 13.0. The standard InChI is InChI=1S/C20H18O2/c1-13-7-4-8-15(14(13)2)20(21)18-11-5-10-17-16(18)9-6-12-19(17)22-3/h4-12H,1-3H3. The summed E-state index contributed by atoms with van der Waals surface area (Å²) in [6.45, 7) is 4.02. The van der Waals surface area contributed by atoms with Gasteiger partial charge >= 0.3 is 0 Å². The van der Waals surface area contributed by atoms with Gasteiger partial charge in [0.15, 0.2) is 5.78 Å². The molecule has 110 valence electrons. The Morgan fingerprint density at radius 1 is 0.818 bits per heavy atom. The lowest BCUT2D eigenvalue weighted by Gasteiger charge is -2.11. The van der Waals surface area contributed by atoms with Crippen LogP contribution in [0, 0.1) is 13.8 Å². The van der Waals surface area contributed by atoms with Crippen molar-refractivity contribution in [1.82, 2.24) is 0 Å². The highest BCUT2D eigenvalue weighted by Gasteiger charge is 2.16. The third kappa shape index (κ3) is 2.27. The van der Waals surface area contributed by atoms with Gasteiger partial charge in [0.1, 0.15) is 5.75 Å². The zero-order chi connectivity index (χ0) is 15.7. The normalized spacial score (nSPS) is 10.7. The zero-order valence-electron chi connectivity index (χ0n) is 13.0. The number of hydrogen-bond acceptors (Lipinski definition) is 2. The second-order valence-corrected chi connectivity index (χ2v) is 5.44. The fourth-order valence-electron chi connectivity index (χ4n) is 2.80. The number of carbonyl (C=O) groups is 1. The molecule has 0 radical (unpaired) electrons. The second kappa shape index (κ2) is 5.64. The van der Waals surface area contributed by atoms with Crippen LogP contribution in [0.25, 0.3) is 10.8 Å². The molecule has 3 aromatic carbocycles. The first kappa shape index (κ1) is 14.3. The minimum Gasteiger partial charge on any atom is -0.496 e. The monoisotopic (exact) mass is 290 g/mol. The van der Waals surface area contributed by atoms with Crippen LogP contribution in [-0.4, -0.2) is 12.9 Å². The van der Waals surface area contributed by atoms with Crippen molar-refractivity contribution in [1.29, 1.82) is 0 Å². The first-order valence-electron chi connectivity index (χ1n) is 7.30. The van der Waals surface area contributed by atoms with Gasteiger partial charge in [-0.2, -0.15) is 0 Å². The van der Waals surface area contributed by atoms with Gasteiger partial charge in [0, 0.05) is 16.5 Å². The molecule has 2 nitrogen and oxygen atoms in total. The van der Waals surface area contributed by atoms with Gasteiger partial charge in [0.25, 0.3) is 0 Å². The molecule has 0 aromatic heterocycles. The molecule has 0 spiro atoms. The Balaban J connectivity index is 2.22. The van der Waals surface area contributed by atoms with Crippen LogP contribution in [0.4, 0.5) is 0 Å². The molecule has 0 aliphatic rings. The Labute approximate surface area is 130 Å². The smallest absolute Gasteiger partial charge is 0.193 e. The van der Waals surface area contributed by atoms with Crippen molar-refractivity contribution in [3.63, 3.8) is 0 Å². The largest absolute Gasteiger partial charge is 0.496 e. The summed E-state index contributed by atoms with van der Waals surface area (Å²) in [5, 5.41) is 1.88. The Morgan fingerprint density at radius 3 is 2.23 bits per heavy atom. The van der Waals surface area contributed by atoms with E-state index in [0.29, 0.717) is 5.56 Å². The van der Waals surface area contributed by atoms with E-state index in [9.17, 15) is 4.79 Å². The third-order valence-corrected chi connectivity index (χ3v) is 4.20. The SMILES string of the molecule is COc1cccc2c(C(=O)c3cccc(C)c3C)cccc12. The van der Waals surface area contributed by atoms with Gasteiger partial charge in [-0.25, -0.2) is 0 Å². The average Bonchev–Trinajstić information content (AvgIpc) is 2.55. The maximum absolute atomic E-state index is 13.0. The van der Waals surface area contributed by atoms with E-state index < -0.39 is 0 Å². The van der Waals surface area contributed by atoms with Crippen LogP contribution >= 0.6 is 0 Å². The lowest BCUT2D eigenvalue weighted by atomic mass is 9.93. The fourth-order valence-corrected chi connectivity index (χ4v) is 2.80. The van der Waals surface area contributed by atoms with Crippen molar-refractivity contribution < 1.29 is 9.53 Å². The molecule has 0 unspecified atom stereocenters. The summed E-state index contributed by atoms with van der Waals surface area (Å²) in [4.78, 5) is 13.0. The van der Waals surface area contributed by atoms with E-state index in [-0.39, 0.29) is 5.78 Å². The molecule has 0 amide bonds. The van der Waals surface area contributed by atoms with E-state index in [1.54, 1.807) is 7.11 Å². The molecule has 3 aromatic rings. The molecule has 3 rings (SSSR count). The molecule has 22 heavy (non-hydrogen) atoms. The number of methoxy groups -OCH3 is 1. The van der Waals surface area contributed by atoms with E-state index in [2.05, 4.69) is 0 Å². The molecule has 0 saturated heterocycles. The minimum absolute atomic E-state index is 0.0556. The van der Waals surface area contributed by atoms with E-state index >= 15 is 0 Å². The average molecular weight is 290 g/mol. The van der Waals surface area contributed by atoms with E-state index in [4.69, 9.17) is 4.74 Å². The van der Waals surface area contributed by atoms with E-state index in [1.165, 1.54) is 0 Å². The highest BCUT2D eigenvalue weighted by molar-refractivity contribution is 6.17. The van der Waals surface area contributed by atoms with Crippen LogP contribution in [0.5, 0.6) is 5.75 Å². The van der Waals surface area contributed by atoms with Crippen molar-refractivity contribution >= 4 is 16.6 Å². The highest BCUT2D eigenvalue weighted by Crippen LogP contribution is 2.29. The Bertz CT molecular complexity index is 863. The predicted octanol–water partition coefficient (Wildman–Crippen LogP) is 4.70. The summed E-state index contributed by atoms with van der Waals surface area (Å²) in [6.07, 6.45) is 0. The lowest BCUT2D eigenvalue weighted by Crippen LogP contribution is -2.05. The molecule has 0 fully saturated rings. The van der Waals surface area contributed by atoms with Crippen molar-refractivity contribution in [2.24, 2.45) is 0 Å². The van der Waals surface area contributed by atoms with Crippen LogP contribution in [0.15, 0.2) is 54.6 Å². The quantitative estimate of drug-likeness (QED) is 0.654. The molecular weight excluding hydrogens is 272 g/mol. The van der Waals surface area contributed by atoms with Crippen molar-refractivity contribution in [2.45, 2.75) is 13.8 Å². The van der Waals surface area contributed by atoms with Crippen LogP contribution < -0.4 is 4.74 Å². The molecule has 0 aliphatic carbocycles. The molecule has 0 heterocycles. The number of benzene rings is 3. The maximum Gasteiger partial charge on any atom is 0.193 e. The first-order valence-corrected chi connectivity index (χ1v) is 7.30. The molecular formula is C20H18O2. The van der Waals surface area contributed by atoms with Crippen LogP contribution in [0.2, 0.25) is 0 Å². The van der Waals surface area contributed by atoms with Gasteiger partial charge in [-0.1, -0.05) is 48.5 Å². The third-order valence-electron chi connectivity index (χ3n) is 4.20. The number of carbonyl (C=O) groups excluding carboxylic acids is 1. The van der Waals surface area contributed by atoms with Gasteiger partial charge in [-0.05, 0) is 36.4 Å². The summed E-state index contributed by atoms with van der Waals surface area (Å²) in [6, 6.07) is 17.4. The summed E-state index contributed by atoms with van der Waals surface area (Å²) in [5.41, 5.74) is 3.64. The molecule has 2 heteroatoms. The molecule has 0 saturated carbocycles. The number of ether oxygens (including phenoxy) is 1. The van der Waals surface area contributed by atoms with Crippen molar-refractivity contribution in [2.75, 3.05) is 7.11 Å². The second-order valence-electron chi connectivity index (χ2n) is 5.44. The molecule has 0 N–H and O–H groups in total. The lowest BCUT2D eigenvalue weighted by molar-refractivity contribution is 0.103. The van der Waals surface area contributed by atoms with Crippen LogP contribution in [0.3, 0.4) is 0 Å². The predicted molar refractivity (Wildman–Crippen MR) is 89.8 cm³/mol. The van der Waals surface area contributed by atoms with Gasteiger partial charge < -0.3 is 4.74 Å². The molecule has 0 atom stereocenters. The number of aryl methyl sites for hydroxylation is 1. The summed E-state index contributed by atoms with van der Waals surface area (Å²) < 4.78 is 5.40. The van der Waals surface area contributed by atoms with Gasteiger partial charge in [-0.3, -0.25) is 4.79 Å². The summed E-state index contributed by atoms with van der Waals surface area (Å²) in [5.74, 6) is 0.841. The number of fused-ring (bicyclic) bond motifs is 1. The Kier molecular flexibility index (Phi) is 3.68. The van der Waals surface area contributed by atoms with Gasteiger partial charge in [0.2, 0.25) is 0 Å². The number of ketones is 1. The van der Waals surface area contributed by atoms with Crippen LogP contribution in [-0.2, 0) is 0 Å². The summed E-state index contributed by atoms with van der Waals surface area (Å²) >= 11 is 0. The topological polar surface area (TPSA) is 26.3 Å². The first-order chi connectivity index (χ1) is 10.6. The van der Waals surface area contributed by atoms with Crippen molar-refractivity contribution in [3.8, 4) is 5.75 Å². The Hall–Kier alpha value is -2.61. The zero-order valence-corrected chi connectivity index (χ0v) is 13.0. The highest BCUT2D eigenvalue weighted by atomic mass is 16.5. The Morgan fingerprint density at radius 2 is 1.45 bits per heavy atom. The molecule has 0 aliphatic heterocycles. The summed E-state index contributed by atoms with van der Waals surface area (Å²) in [7, 11) is 1.65. The van der Waals surface area contributed by atoms with E-state index in [1.807, 2.05) is 68.4 Å². The van der Waals surface area contributed by atoms with Gasteiger partial charge in [-0.15, -0.1) is 0 Å². The van der Waals surface area contributed by atoms with Gasteiger partial charge in [0.05, 0.1) is 7.11 Å². The number of hydrogen-bond donors (Lipinski definition) is 0. The minimum atomic E-state index is 0.0556. The van der Waals surface area contributed by atoms with Crippen molar-refractivity contribution in [3.05, 3.63) is 76.9 Å².